The molecular weight excluding hydrogens is 334 g/mol. The van der Waals surface area contributed by atoms with E-state index in [1.54, 1.807) is 17.7 Å². The molecule has 2 rings (SSSR count). The van der Waals surface area contributed by atoms with Crippen LogP contribution in [0.15, 0.2) is 29.4 Å². The summed E-state index contributed by atoms with van der Waals surface area (Å²) < 4.78 is 1.57. The second-order valence-corrected chi connectivity index (χ2v) is 5.65. The molecular formula is C15H16ClN5O3. The first-order chi connectivity index (χ1) is 11.3. The SMILES string of the molecule is C/C(=N\NC(=O)Cn1nc(C)cc1C)c1ccc(Cl)c([N+](=O)[O-])c1. The number of nitro groups is 1. The Labute approximate surface area is 143 Å². The maximum Gasteiger partial charge on any atom is 0.288 e. The van der Waals surface area contributed by atoms with Crippen LogP contribution in [0, 0.1) is 24.0 Å². The van der Waals surface area contributed by atoms with Gasteiger partial charge < -0.3 is 0 Å². The number of benzene rings is 1. The molecule has 1 aromatic heterocycles. The number of rotatable bonds is 5. The van der Waals surface area contributed by atoms with Crippen LogP contribution in [0.1, 0.15) is 23.9 Å². The van der Waals surface area contributed by atoms with Crippen molar-refractivity contribution in [3.63, 3.8) is 0 Å². The highest BCUT2D eigenvalue weighted by atomic mass is 35.5. The number of halogens is 1. The Hall–Kier alpha value is -2.74. The maximum absolute atomic E-state index is 11.9. The highest BCUT2D eigenvalue weighted by Crippen LogP contribution is 2.25. The molecule has 1 amide bonds. The van der Waals surface area contributed by atoms with Crippen molar-refractivity contribution in [3.05, 3.63) is 56.4 Å². The maximum atomic E-state index is 11.9. The number of amides is 1. The van der Waals surface area contributed by atoms with E-state index >= 15 is 0 Å². The van der Waals surface area contributed by atoms with Gasteiger partial charge in [-0.25, -0.2) is 5.43 Å². The Morgan fingerprint density at radius 1 is 1.42 bits per heavy atom. The van der Waals surface area contributed by atoms with E-state index in [2.05, 4.69) is 15.6 Å². The third-order valence-electron chi connectivity index (χ3n) is 3.31. The summed E-state index contributed by atoms with van der Waals surface area (Å²) in [6, 6.07) is 6.20. The molecule has 0 radical (unpaired) electrons. The second kappa shape index (κ2) is 7.22. The molecule has 0 unspecified atom stereocenters. The molecule has 0 aliphatic rings. The molecule has 0 saturated carbocycles. The summed E-state index contributed by atoms with van der Waals surface area (Å²) in [4.78, 5) is 22.3. The quantitative estimate of drug-likeness (QED) is 0.509. The van der Waals surface area contributed by atoms with Gasteiger partial charge in [-0.2, -0.15) is 10.2 Å². The minimum Gasteiger partial charge on any atom is -0.271 e. The number of nitro benzene ring substituents is 1. The number of carbonyl (C=O) groups is 1. The van der Waals surface area contributed by atoms with Crippen LogP contribution in [0.4, 0.5) is 5.69 Å². The molecule has 0 atom stereocenters. The van der Waals surface area contributed by atoms with E-state index in [0.29, 0.717) is 11.3 Å². The smallest absolute Gasteiger partial charge is 0.271 e. The summed E-state index contributed by atoms with van der Waals surface area (Å²) in [5.74, 6) is -0.344. The highest BCUT2D eigenvalue weighted by molar-refractivity contribution is 6.32. The highest BCUT2D eigenvalue weighted by Gasteiger charge is 2.14. The zero-order chi connectivity index (χ0) is 17.9. The van der Waals surface area contributed by atoms with Gasteiger partial charge >= 0.3 is 0 Å². The Kier molecular flexibility index (Phi) is 5.30. The molecule has 0 saturated heterocycles. The van der Waals surface area contributed by atoms with Crippen LogP contribution in [0.2, 0.25) is 5.02 Å². The first-order valence-electron chi connectivity index (χ1n) is 7.06. The van der Waals surface area contributed by atoms with E-state index < -0.39 is 4.92 Å². The first kappa shape index (κ1) is 17.6. The topological polar surface area (TPSA) is 102 Å². The molecule has 0 aliphatic heterocycles. The van der Waals surface area contributed by atoms with Crippen LogP contribution in [0.3, 0.4) is 0 Å². The summed E-state index contributed by atoms with van der Waals surface area (Å²) in [7, 11) is 0. The van der Waals surface area contributed by atoms with E-state index in [9.17, 15) is 14.9 Å². The fraction of sp³-hybridized carbons (Fsp3) is 0.267. The number of hydrogen-bond donors (Lipinski definition) is 1. The third kappa shape index (κ3) is 4.17. The molecule has 1 aromatic carbocycles. The molecule has 8 nitrogen and oxygen atoms in total. The van der Waals surface area contributed by atoms with Crippen molar-refractivity contribution >= 4 is 28.9 Å². The average Bonchev–Trinajstić information content (AvgIpc) is 2.82. The zero-order valence-corrected chi connectivity index (χ0v) is 14.2. The average molecular weight is 350 g/mol. The standard InChI is InChI=1S/C15H16ClN5O3/c1-9-6-10(2)20(19-9)8-15(22)18-17-11(3)12-4-5-13(16)14(7-12)21(23)24/h4-7H,8H2,1-3H3,(H,18,22)/b17-11+. The van der Waals surface area contributed by atoms with Crippen molar-refractivity contribution in [2.24, 2.45) is 5.10 Å². The lowest BCUT2D eigenvalue weighted by Crippen LogP contribution is -2.25. The van der Waals surface area contributed by atoms with E-state index in [-0.39, 0.29) is 23.2 Å². The summed E-state index contributed by atoms with van der Waals surface area (Å²) in [6.45, 7) is 5.37. The molecule has 126 valence electrons. The van der Waals surface area contributed by atoms with Crippen LogP contribution in [-0.4, -0.2) is 26.3 Å². The van der Waals surface area contributed by atoms with Crippen molar-refractivity contribution in [2.75, 3.05) is 0 Å². The van der Waals surface area contributed by atoms with E-state index in [1.807, 2.05) is 19.9 Å². The van der Waals surface area contributed by atoms with Gasteiger partial charge in [0.25, 0.3) is 11.6 Å². The van der Waals surface area contributed by atoms with Crippen molar-refractivity contribution in [1.82, 2.24) is 15.2 Å². The molecule has 9 heteroatoms. The van der Waals surface area contributed by atoms with Crippen molar-refractivity contribution < 1.29 is 9.72 Å². The van der Waals surface area contributed by atoms with Gasteiger partial charge in [-0.3, -0.25) is 19.6 Å². The Morgan fingerprint density at radius 2 is 2.12 bits per heavy atom. The van der Waals surface area contributed by atoms with Gasteiger partial charge in [-0.15, -0.1) is 0 Å². The number of carbonyl (C=O) groups excluding carboxylic acids is 1. The van der Waals surface area contributed by atoms with Crippen molar-refractivity contribution in [1.29, 1.82) is 0 Å². The van der Waals surface area contributed by atoms with Gasteiger partial charge in [0.15, 0.2) is 0 Å². The second-order valence-electron chi connectivity index (χ2n) is 5.24. The van der Waals surface area contributed by atoms with Gasteiger partial charge in [0.2, 0.25) is 0 Å². The molecule has 0 bridgehead atoms. The van der Waals surface area contributed by atoms with Crippen LogP contribution in [0.5, 0.6) is 0 Å². The van der Waals surface area contributed by atoms with Gasteiger partial charge in [0.1, 0.15) is 11.6 Å². The Bertz CT molecular complexity index is 829. The Balaban J connectivity index is 2.08. The number of nitrogens with zero attached hydrogens (tertiary/aromatic N) is 4. The molecule has 24 heavy (non-hydrogen) atoms. The lowest BCUT2D eigenvalue weighted by Gasteiger charge is -2.05. The van der Waals surface area contributed by atoms with Crippen LogP contribution in [0.25, 0.3) is 0 Å². The summed E-state index contributed by atoms with van der Waals surface area (Å²) >= 11 is 5.77. The monoisotopic (exact) mass is 349 g/mol. The van der Waals surface area contributed by atoms with E-state index in [0.717, 1.165) is 11.4 Å². The minimum absolute atomic E-state index is 0.0389. The van der Waals surface area contributed by atoms with Crippen LogP contribution >= 0.6 is 11.6 Å². The lowest BCUT2D eigenvalue weighted by molar-refractivity contribution is -0.384. The third-order valence-corrected chi connectivity index (χ3v) is 3.63. The number of hydrogen-bond acceptors (Lipinski definition) is 5. The van der Waals surface area contributed by atoms with Gasteiger partial charge in [-0.1, -0.05) is 17.7 Å². The Morgan fingerprint density at radius 3 is 2.71 bits per heavy atom. The molecule has 2 aromatic rings. The predicted molar refractivity (Wildman–Crippen MR) is 90.2 cm³/mol. The number of aromatic nitrogens is 2. The molecule has 1 N–H and O–H groups in total. The number of nitrogens with one attached hydrogen (secondary N) is 1. The van der Waals surface area contributed by atoms with Gasteiger partial charge in [-0.05, 0) is 32.9 Å². The predicted octanol–water partition coefficient (Wildman–Crippen LogP) is 2.60. The van der Waals surface area contributed by atoms with E-state index in [4.69, 9.17) is 11.6 Å². The van der Waals surface area contributed by atoms with Crippen LogP contribution in [-0.2, 0) is 11.3 Å². The van der Waals surface area contributed by atoms with Crippen molar-refractivity contribution in [2.45, 2.75) is 27.3 Å². The fourth-order valence-corrected chi connectivity index (χ4v) is 2.28. The summed E-state index contributed by atoms with van der Waals surface area (Å²) in [6.07, 6.45) is 0. The number of aryl methyl sites for hydroxylation is 2. The number of hydrazone groups is 1. The van der Waals surface area contributed by atoms with Gasteiger partial charge in [0, 0.05) is 17.3 Å². The fourth-order valence-electron chi connectivity index (χ4n) is 2.09. The lowest BCUT2D eigenvalue weighted by atomic mass is 10.1. The largest absolute Gasteiger partial charge is 0.288 e. The summed E-state index contributed by atoms with van der Waals surface area (Å²) in [5.41, 5.74) is 4.83. The van der Waals surface area contributed by atoms with Crippen molar-refractivity contribution in [3.8, 4) is 0 Å². The summed E-state index contributed by atoms with van der Waals surface area (Å²) in [5, 5.41) is 19.1. The molecule has 1 heterocycles. The van der Waals surface area contributed by atoms with Crippen LogP contribution < -0.4 is 5.43 Å². The zero-order valence-electron chi connectivity index (χ0n) is 13.4. The minimum atomic E-state index is -0.569. The first-order valence-corrected chi connectivity index (χ1v) is 7.44. The van der Waals surface area contributed by atoms with E-state index in [1.165, 1.54) is 12.1 Å². The van der Waals surface area contributed by atoms with Gasteiger partial charge in [0.05, 0.1) is 16.3 Å². The normalized spacial score (nSPS) is 11.4. The molecule has 0 fully saturated rings. The molecule has 0 spiro atoms. The molecule has 0 aliphatic carbocycles.